The van der Waals surface area contributed by atoms with Crippen LogP contribution in [0, 0.1) is 0 Å². The number of nitrogens with zero attached hydrogens (tertiary/aromatic N) is 4. The molecule has 0 amide bonds. The van der Waals surface area contributed by atoms with E-state index in [1.54, 1.807) is 7.11 Å². The van der Waals surface area contributed by atoms with Crippen molar-refractivity contribution >= 4 is 11.6 Å². The number of piperazine rings is 1. The molecule has 0 unspecified atom stereocenters. The molecule has 0 aliphatic carbocycles. The molecular formula is C21H29N5O. The van der Waals surface area contributed by atoms with E-state index in [1.807, 2.05) is 30.5 Å². The molecule has 0 bridgehead atoms. The molecule has 0 spiro atoms. The van der Waals surface area contributed by atoms with Crippen LogP contribution in [0.3, 0.4) is 0 Å². The number of benzene rings is 1. The van der Waals surface area contributed by atoms with E-state index >= 15 is 0 Å². The number of ether oxygens (including phenoxy) is 1. The Kier molecular flexibility index (Phi) is 6.90. The minimum atomic E-state index is 0.745. The highest BCUT2D eigenvalue weighted by Gasteiger charge is 2.20. The monoisotopic (exact) mass is 367 g/mol. The zero-order chi connectivity index (χ0) is 18.9. The van der Waals surface area contributed by atoms with Gasteiger partial charge in [0.1, 0.15) is 5.75 Å². The largest absolute Gasteiger partial charge is 0.497 e. The summed E-state index contributed by atoms with van der Waals surface area (Å²) >= 11 is 0. The zero-order valence-electron chi connectivity index (χ0n) is 16.3. The van der Waals surface area contributed by atoms with Crippen LogP contribution in [-0.4, -0.2) is 62.2 Å². The van der Waals surface area contributed by atoms with Gasteiger partial charge in [-0.2, -0.15) is 0 Å². The predicted octanol–water partition coefficient (Wildman–Crippen LogP) is 2.42. The molecule has 27 heavy (non-hydrogen) atoms. The van der Waals surface area contributed by atoms with Gasteiger partial charge in [-0.3, -0.25) is 9.98 Å². The summed E-state index contributed by atoms with van der Waals surface area (Å²) in [6.45, 7) is 7.57. The van der Waals surface area contributed by atoms with E-state index in [9.17, 15) is 0 Å². The van der Waals surface area contributed by atoms with Crippen molar-refractivity contribution in [3.8, 4) is 5.75 Å². The van der Waals surface area contributed by atoms with Crippen LogP contribution in [-0.2, 0) is 6.42 Å². The molecule has 1 aliphatic heterocycles. The summed E-state index contributed by atoms with van der Waals surface area (Å²) in [4.78, 5) is 13.9. The van der Waals surface area contributed by atoms with E-state index in [1.165, 1.54) is 5.69 Å². The first-order chi connectivity index (χ1) is 13.3. The number of guanidine groups is 1. The molecule has 0 atom stereocenters. The third kappa shape index (κ3) is 5.36. The molecule has 0 saturated carbocycles. The Morgan fingerprint density at radius 1 is 1.15 bits per heavy atom. The summed E-state index contributed by atoms with van der Waals surface area (Å²) in [5, 5.41) is 3.43. The van der Waals surface area contributed by atoms with Gasteiger partial charge in [-0.05, 0) is 31.2 Å². The van der Waals surface area contributed by atoms with Gasteiger partial charge in [-0.1, -0.05) is 12.1 Å². The molecule has 1 aromatic carbocycles. The maximum atomic E-state index is 5.35. The van der Waals surface area contributed by atoms with Crippen LogP contribution in [0.15, 0.2) is 53.7 Å². The second-order valence-electron chi connectivity index (χ2n) is 6.48. The number of anilines is 1. The Hall–Kier alpha value is -2.76. The van der Waals surface area contributed by atoms with E-state index < -0.39 is 0 Å². The van der Waals surface area contributed by atoms with Gasteiger partial charge in [0.25, 0.3) is 0 Å². The van der Waals surface area contributed by atoms with Crippen molar-refractivity contribution < 1.29 is 4.74 Å². The number of nitrogens with one attached hydrogen (secondary N) is 1. The number of hydrogen-bond acceptors (Lipinski definition) is 4. The first-order valence-electron chi connectivity index (χ1n) is 9.62. The fourth-order valence-corrected chi connectivity index (χ4v) is 3.23. The maximum Gasteiger partial charge on any atom is 0.194 e. The summed E-state index contributed by atoms with van der Waals surface area (Å²) in [5.41, 5.74) is 2.30. The van der Waals surface area contributed by atoms with Gasteiger partial charge in [0, 0.05) is 69.3 Å². The summed E-state index contributed by atoms with van der Waals surface area (Å²) in [6, 6.07) is 14.3. The first kappa shape index (κ1) is 19.0. The van der Waals surface area contributed by atoms with Gasteiger partial charge in [0.2, 0.25) is 0 Å². The van der Waals surface area contributed by atoms with E-state index in [4.69, 9.17) is 9.73 Å². The SMILES string of the molecule is CCNC(=NCCc1ccccn1)N1CCN(c2cccc(OC)c2)CC1. The van der Waals surface area contributed by atoms with Crippen LogP contribution >= 0.6 is 0 Å². The average Bonchev–Trinajstić information content (AvgIpc) is 2.74. The average molecular weight is 367 g/mol. The molecule has 6 nitrogen and oxygen atoms in total. The lowest BCUT2D eigenvalue weighted by Crippen LogP contribution is -2.52. The van der Waals surface area contributed by atoms with Gasteiger partial charge in [0.15, 0.2) is 5.96 Å². The number of aliphatic imine (C=N–C) groups is 1. The molecule has 2 aromatic rings. The maximum absolute atomic E-state index is 5.35. The minimum absolute atomic E-state index is 0.745. The highest BCUT2D eigenvalue weighted by molar-refractivity contribution is 5.80. The van der Waals surface area contributed by atoms with Crippen molar-refractivity contribution in [3.05, 3.63) is 54.4 Å². The third-order valence-electron chi connectivity index (χ3n) is 4.69. The second-order valence-corrected chi connectivity index (χ2v) is 6.48. The summed E-state index contributed by atoms with van der Waals surface area (Å²) in [5.74, 6) is 1.90. The van der Waals surface area contributed by atoms with Crippen molar-refractivity contribution in [1.29, 1.82) is 0 Å². The van der Waals surface area contributed by atoms with Crippen molar-refractivity contribution in [2.45, 2.75) is 13.3 Å². The molecule has 1 fully saturated rings. The third-order valence-corrected chi connectivity index (χ3v) is 4.69. The standard InChI is InChI=1S/C21H29N5O/c1-3-22-21(24-12-10-18-7-4-5-11-23-18)26-15-13-25(14-16-26)19-8-6-9-20(17-19)27-2/h4-9,11,17H,3,10,12-16H2,1-2H3,(H,22,24). The van der Waals surface area contributed by atoms with Crippen molar-refractivity contribution in [2.24, 2.45) is 4.99 Å². The number of hydrogen-bond donors (Lipinski definition) is 1. The van der Waals surface area contributed by atoms with Crippen LogP contribution in [0.25, 0.3) is 0 Å². The molecule has 6 heteroatoms. The first-order valence-corrected chi connectivity index (χ1v) is 9.62. The number of pyridine rings is 1. The highest BCUT2D eigenvalue weighted by atomic mass is 16.5. The summed E-state index contributed by atoms with van der Waals surface area (Å²) < 4.78 is 5.35. The Morgan fingerprint density at radius 3 is 2.70 bits per heavy atom. The van der Waals surface area contributed by atoms with Crippen LogP contribution in [0.5, 0.6) is 5.75 Å². The number of aromatic nitrogens is 1. The number of rotatable bonds is 6. The van der Waals surface area contributed by atoms with Gasteiger partial charge >= 0.3 is 0 Å². The van der Waals surface area contributed by atoms with Gasteiger partial charge in [-0.15, -0.1) is 0 Å². The van der Waals surface area contributed by atoms with Gasteiger partial charge in [0.05, 0.1) is 7.11 Å². The smallest absolute Gasteiger partial charge is 0.194 e. The van der Waals surface area contributed by atoms with Crippen LogP contribution in [0.4, 0.5) is 5.69 Å². The van der Waals surface area contributed by atoms with E-state index in [0.717, 1.165) is 63.1 Å². The lowest BCUT2D eigenvalue weighted by Gasteiger charge is -2.37. The van der Waals surface area contributed by atoms with Gasteiger partial charge in [-0.25, -0.2) is 0 Å². The second kappa shape index (κ2) is 9.80. The van der Waals surface area contributed by atoms with E-state index in [2.05, 4.69) is 45.2 Å². The highest BCUT2D eigenvalue weighted by Crippen LogP contribution is 2.22. The topological polar surface area (TPSA) is 53.0 Å². The molecule has 0 radical (unpaired) electrons. The lowest BCUT2D eigenvalue weighted by atomic mass is 10.2. The van der Waals surface area contributed by atoms with E-state index in [-0.39, 0.29) is 0 Å². The minimum Gasteiger partial charge on any atom is -0.497 e. The fourth-order valence-electron chi connectivity index (χ4n) is 3.23. The zero-order valence-corrected chi connectivity index (χ0v) is 16.3. The molecule has 1 aliphatic rings. The lowest BCUT2D eigenvalue weighted by molar-refractivity contribution is 0.372. The summed E-state index contributed by atoms with van der Waals surface area (Å²) in [6.07, 6.45) is 2.70. The Morgan fingerprint density at radius 2 is 2.00 bits per heavy atom. The Balaban J connectivity index is 1.56. The van der Waals surface area contributed by atoms with Crippen LogP contribution in [0.1, 0.15) is 12.6 Å². The number of methoxy groups -OCH3 is 1. The van der Waals surface area contributed by atoms with Crippen molar-refractivity contribution in [3.63, 3.8) is 0 Å². The fraction of sp³-hybridized carbons (Fsp3) is 0.429. The van der Waals surface area contributed by atoms with Gasteiger partial charge < -0.3 is 19.9 Å². The Labute approximate surface area is 161 Å². The molecule has 1 saturated heterocycles. The van der Waals surface area contributed by atoms with Crippen molar-refractivity contribution in [2.75, 3.05) is 51.3 Å². The van der Waals surface area contributed by atoms with Crippen LogP contribution in [0.2, 0.25) is 0 Å². The molecule has 144 valence electrons. The van der Waals surface area contributed by atoms with Crippen molar-refractivity contribution in [1.82, 2.24) is 15.2 Å². The molecule has 3 rings (SSSR count). The summed E-state index contributed by atoms with van der Waals surface area (Å²) in [7, 11) is 1.71. The Bertz CT molecular complexity index is 726. The molecular weight excluding hydrogens is 338 g/mol. The van der Waals surface area contributed by atoms with E-state index in [0.29, 0.717) is 0 Å². The molecule has 1 aromatic heterocycles. The molecule has 2 heterocycles. The normalized spacial score (nSPS) is 15.0. The quantitative estimate of drug-likeness (QED) is 0.628. The molecule has 1 N–H and O–H groups in total. The van der Waals surface area contributed by atoms with Crippen LogP contribution < -0.4 is 15.0 Å². The predicted molar refractivity (Wildman–Crippen MR) is 111 cm³/mol.